The Morgan fingerprint density at radius 3 is 2.42 bits per heavy atom. The van der Waals surface area contributed by atoms with Crippen LogP contribution in [0, 0.1) is 6.92 Å². The van der Waals surface area contributed by atoms with Gasteiger partial charge in [0, 0.05) is 19.6 Å². The Balaban J connectivity index is 2.40. The summed E-state index contributed by atoms with van der Waals surface area (Å²) in [6.07, 6.45) is 0. The van der Waals surface area contributed by atoms with E-state index in [-0.39, 0.29) is 25.7 Å². The number of benzene rings is 1. The Morgan fingerprint density at radius 1 is 1.21 bits per heavy atom. The molecule has 1 aromatic rings. The zero-order chi connectivity index (χ0) is 14.1. The van der Waals surface area contributed by atoms with Crippen LogP contribution in [0.1, 0.15) is 11.1 Å². The molecule has 0 aliphatic carbocycles. The van der Waals surface area contributed by atoms with Gasteiger partial charge in [-0.2, -0.15) is 0 Å². The van der Waals surface area contributed by atoms with Gasteiger partial charge in [0.05, 0.1) is 19.8 Å². The third-order valence-corrected chi connectivity index (χ3v) is 2.94. The number of carbonyl (C=O) groups is 1. The molecule has 1 aromatic carbocycles. The summed E-state index contributed by atoms with van der Waals surface area (Å²) < 4.78 is 0. The van der Waals surface area contributed by atoms with Crippen molar-refractivity contribution in [1.29, 1.82) is 0 Å². The maximum atomic E-state index is 11.8. The van der Waals surface area contributed by atoms with Gasteiger partial charge >= 0.3 is 0 Å². The number of rotatable bonds is 8. The van der Waals surface area contributed by atoms with Crippen LogP contribution in [0.3, 0.4) is 0 Å². The Labute approximate surface area is 113 Å². The van der Waals surface area contributed by atoms with Gasteiger partial charge in [-0.25, -0.2) is 0 Å². The summed E-state index contributed by atoms with van der Waals surface area (Å²) in [4.78, 5) is 13.5. The van der Waals surface area contributed by atoms with Crippen molar-refractivity contribution in [2.24, 2.45) is 0 Å². The lowest BCUT2D eigenvalue weighted by Gasteiger charge is -2.19. The molecule has 0 aliphatic heterocycles. The summed E-state index contributed by atoms with van der Waals surface area (Å²) in [5.41, 5.74) is 2.23. The Kier molecular flexibility index (Phi) is 7.10. The molecule has 3 N–H and O–H groups in total. The van der Waals surface area contributed by atoms with Crippen LogP contribution in [-0.2, 0) is 11.3 Å². The predicted octanol–water partition coefficient (Wildman–Crippen LogP) is -0.102. The molecule has 1 rings (SSSR count). The average molecular weight is 266 g/mol. The summed E-state index contributed by atoms with van der Waals surface area (Å²) in [5, 5.41) is 20.6. The quantitative estimate of drug-likeness (QED) is 0.614. The topological polar surface area (TPSA) is 72.8 Å². The van der Waals surface area contributed by atoms with Gasteiger partial charge < -0.3 is 15.5 Å². The molecule has 0 aromatic heterocycles. The molecule has 0 aliphatic rings. The minimum Gasteiger partial charge on any atom is -0.395 e. The number of hydrogen-bond acceptors (Lipinski definition) is 4. The van der Waals surface area contributed by atoms with Gasteiger partial charge in [0.15, 0.2) is 0 Å². The van der Waals surface area contributed by atoms with Gasteiger partial charge in [0.25, 0.3) is 0 Å². The molecule has 19 heavy (non-hydrogen) atoms. The van der Waals surface area contributed by atoms with E-state index < -0.39 is 0 Å². The number of aliphatic hydroxyl groups excluding tert-OH is 2. The highest BCUT2D eigenvalue weighted by atomic mass is 16.3. The van der Waals surface area contributed by atoms with Crippen molar-refractivity contribution in [3.8, 4) is 0 Å². The zero-order valence-corrected chi connectivity index (χ0v) is 11.3. The molecule has 0 spiro atoms. The first-order chi connectivity index (χ1) is 9.17. The van der Waals surface area contributed by atoms with Crippen molar-refractivity contribution in [2.75, 3.05) is 32.8 Å². The first-order valence-electron chi connectivity index (χ1n) is 6.42. The first-order valence-corrected chi connectivity index (χ1v) is 6.42. The third kappa shape index (κ3) is 5.83. The molecule has 0 atom stereocenters. The molecule has 0 saturated heterocycles. The smallest absolute Gasteiger partial charge is 0.234 e. The van der Waals surface area contributed by atoms with Gasteiger partial charge in [0.2, 0.25) is 5.91 Å². The second-order valence-corrected chi connectivity index (χ2v) is 4.43. The molecule has 0 bridgehead atoms. The fourth-order valence-electron chi connectivity index (χ4n) is 1.81. The van der Waals surface area contributed by atoms with Crippen LogP contribution >= 0.6 is 0 Å². The highest BCUT2D eigenvalue weighted by molar-refractivity contribution is 5.78. The van der Waals surface area contributed by atoms with Gasteiger partial charge in [-0.3, -0.25) is 9.69 Å². The van der Waals surface area contributed by atoms with E-state index in [2.05, 4.69) is 5.32 Å². The Morgan fingerprint density at radius 2 is 1.84 bits per heavy atom. The van der Waals surface area contributed by atoms with Crippen LogP contribution in [0.4, 0.5) is 0 Å². The minimum absolute atomic E-state index is 0.0227. The zero-order valence-electron chi connectivity index (χ0n) is 11.3. The van der Waals surface area contributed by atoms with E-state index in [1.807, 2.05) is 31.2 Å². The summed E-state index contributed by atoms with van der Waals surface area (Å²) in [7, 11) is 0. The maximum absolute atomic E-state index is 11.8. The lowest BCUT2D eigenvalue weighted by molar-refractivity contribution is -0.122. The van der Waals surface area contributed by atoms with Crippen LogP contribution in [0.15, 0.2) is 24.3 Å². The standard InChI is InChI=1S/C14H22N2O3/c1-12-4-2-3-5-13(12)10-15-14(19)11-16(6-8-17)7-9-18/h2-5,17-18H,6-11H2,1H3,(H,15,19). The predicted molar refractivity (Wildman–Crippen MR) is 73.6 cm³/mol. The largest absolute Gasteiger partial charge is 0.395 e. The molecular weight excluding hydrogens is 244 g/mol. The summed E-state index contributed by atoms with van der Waals surface area (Å²) >= 11 is 0. The van der Waals surface area contributed by atoms with Crippen molar-refractivity contribution in [1.82, 2.24) is 10.2 Å². The summed E-state index contributed by atoms with van der Waals surface area (Å²) in [6, 6.07) is 7.89. The number of aryl methyl sites for hydroxylation is 1. The minimum atomic E-state index is -0.106. The lowest BCUT2D eigenvalue weighted by atomic mass is 10.1. The monoisotopic (exact) mass is 266 g/mol. The van der Waals surface area contributed by atoms with Crippen molar-refractivity contribution in [3.05, 3.63) is 35.4 Å². The Bertz CT molecular complexity index is 390. The number of aliphatic hydroxyl groups is 2. The van der Waals surface area contributed by atoms with Crippen molar-refractivity contribution < 1.29 is 15.0 Å². The van der Waals surface area contributed by atoms with Crippen LogP contribution in [0.25, 0.3) is 0 Å². The number of nitrogens with zero attached hydrogens (tertiary/aromatic N) is 1. The van der Waals surface area contributed by atoms with E-state index in [0.29, 0.717) is 19.6 Å². The van der Waals surface area contributed by atoms with Crippen molar-refractivity contribution >= 4 is 5.91 Å². The Hall–Kier alpha value is -1.43. The third-order valence-electron chi connectivity index (χ3n) is 2.94. The average Bonchev–Trinajstić information content (AvgIpc) is 2.38. The molecule has 5 heteroatoms. The van der Waals surface area contributed by atoms with Crippen LogP contribution in [0.2, 0.25) is 0 Å². The molecule has 0 fully saturated rings. The molecule has 0 radical (unpaired) electrons. The number of carbonyl (C=O) groups excluding carboxylic acids is 1. The first kappa shape index (κ1) is 15.6. The fraction of sp³-hybridized carbons (Fsp3) is 0.500. The number of nitrogens with one attached hydrogen (secondary N) is 1. The molecular formula is C14H22N2O3. The maximum Gasteiger partial charge on any atom is 0.234 e. The van der Waals surface area contributed by atoms with Crippen LogP contribution < -0.4 is 5.32 Å². The second-order valence-electron chi connectivity index (χ2n) is 4.43. The van der Waals surface area contributed by atoms with E-state index in [9.17, 15) is 4.79 Å². The number of amides is 1. The molecule has 0 saturated carbocycles. The van der Waals surface area contributed by atoms with Crippen LogP contribution in [-0.4, -0.2) is 53.9 Å². The lowest BCUT2D eigenvalue weighted by Crippen LogP contribution is -2.39. The molecule has 5 nitrogen and oxygen atoms in total. The SMILES string of the molecule is Cc1ccccc1CNC(=O)CN(CCO)CCO. The fourth-order valence-corrected chi connectivity index (χ4v) is 1.81. The van der Waals surface area contributed by atoms with Gasteiger partial charge in [-0.15, -0.1) is 0 Å². The summed E-state index contributed by atoms with van der Waals surface area (Å²) in [6.45, 7) is 3.42. The van der Waals surface area contributed by atoms with Crippen molar-refractivity contribution in [3.63, 3.8) is 0 Å². The molecule has 0 unspecified atom stereocenters. The van der Waals surface area contributed by atoms with Crippen molar-refractivity contribution in [2.45, 2.75) is 13.5 Å². The van der Waals surface area contributed by atoms with Crippen LogP contribution in [0.5, 0.6) is 0 Å². The van der Waals surface area contributed by atoms with E-state index in [4.69, 9.17) is 10.2 Å². The highest BCUT2D eigenvalue weighted by Crippen LogP contribution is 2.05. The second kappa shape index (κ2) is 8.63. The van der Waals surface area contributed by atoms with Gasteiger partial charge in [-0.1, -0.05) is 24.3 Å². The molecule has 106 valence electrons. The van der Waals surface area contributed by atoms with E-state index in [0.717, 1.165) is 11.1 Å². The highest BCUT2D eigenvalue weighted by Gasteiger charge is 2.09. The van der Waals surface area contributed by atoms with E-state index in [1.54, 1.807) is 4.90 Å². The van der Waals surface area contributed by atoms with Gasteiger partial charge in [0.1, 0.15) is 0 Å². The number of hydrogen-bond donors (Lipinski definition) is 3. The molecule has 0 heterocycles. The van der Waals surface area contributed by atoms with E-state index >= 15 is 0 Å². The normalized spacial score (nSPS) is 10.7. The van der Waals surface area contributed by atoms with Gasteiger partial charge in [-0.05, 0) is 18.1 Å². The van der Waals surface area contributed by atoms with E-state index in [1.165, 1.54) is 0 Å². The molecule has 1 amide bonds. The summed E-state index contributed by atoms with van der Waals surface area (Å²) in [5.74, 6) is -0.106.